The maximum atomic E-state index is 13.2. The Balaban J connectivity index is 1.45. The van der Waals surface area contributed by atoms with Gasteiger partial charge < -0.3 is 15.5 Å². The van der Waals surface area contributed by atoms with Gasteiger partial charge in [0, 0.05) is 55.1 Å². The van der Waals surface area contributed by atoms with E-state index in [4.69, 9.17) is 16.6 Å². The van der Waals surface area contributed by atoms with Crippen LogP contribution in [0.25, 0.3) is 11.3 Å². The van der Waals surface area contributed by atoms with E-state index in [-0.39, 0.29) is 11.6 Å². The molecule has 11 heteroatoms. The molecule has 2 aromatic heterocycles. The van der Waals surface area contributed by atoms with Crippen LogP contribution in [0.2, 0.25) is 5.02 Å². The third kappa shape index (κ3) is 4.78. The highest BCUT2D eigenvalue weighted by Gasteiger charge is 2.31. The number of nitrogens with zero attached hydrogens (tertiary/aromatic N) is 5. The highest BCUT2D eigenvalue weighted by atomic mass is 35.5. The second-order valence-electron chi connectivity index (χ2n) is 8.45. The predicted molar refractivity (Wildman–Crippen MR) is 124 cm³/mol. The highest BCUT2D eigenvalue weighted by Crippen LogP contribution is 2.34. The summed E-state index contributed by atoms with van der Waals surface area (Å²) in [5.74, 6) is 2.26. The molecule has 0 saturated carbocycles. The summed E-state index contributed by atoms with van der Waals surface area (Å²) in [5, 5.41) is 6.84. The van der Waals surface area contributed by atoms with E-state index in [1.165, 1.54) is 6.07 Å². The van der Waals surface area contributed by atoms with Crippen LogP contribution in [-0.2, 0) is 12.7 Å². The van der Waals surface area contributed by atoms with Crippen LogP contribution >= 0.6 is 11.6 Å². The van der Waals surface area contributed by atoms with E-state index < -0.39 is 11.7 Å². The number of hydrogen-bond donors (Lipinski definition) is 2. The minimum Gasteiger partial charge on any atom is -0.367 e. The lowest BCUT2D eigenvalue weighted by atomic mass is 10.1. The van der Waals surface area contributed by atoms with Gasteiger partial charge in [0.2, 0.25) is 0 Å². The van der Waals surface area contributed by atoms with Crippen molar-refractivity contribution in [3.8, 4) is 11.3 Å². The van der Waals surface area contributed by atoms with Gasteiger partial charge in [-0.2, -0.15) is 13.2 Å². The van der Waals surface area contributed by atoms with Gasteiger partial charge in [-0.05, 0) is 43.1 Å². The van der Waals surface area contributed by atoms with E-state index in [1.54, 1.807) is 18.6 Å². The van der Waals surface area contributed by atoms with Crippen molar-refractivity contribution in [2.24, 2.45) is 0 Å². The van der Waals surface area contributed by atoms with Crippen molar-refractivity contribution in [3.05, 3.63) is 58.8 Å². The van der Waals surface area contributed by atoms with Crippen LogP contribution in [0.1, 0.15) is 35.7 Å². The van der Waals surface area contributed by atoms with Gasteiger partial charge >= 0.3 is 6.18 Å². The molecule has 0 spiro atoms. The van der Waals surface area contributed by atoms with Gasteiger partial charge in [0.15, 0.2) is 11.6 Å². The molecule has 0 amide bonds. The summed E-state index contributed by atoms with van der Waals surface area (Å²) in [6.07, 6.45) is 2.49. The number of halogens is 4. The molecule has 0 aliphatic carbocycles. The first-order valence-electron chi connectivity index (χ1n) is 11.1. The number of benzene rings is 1. The van der Waals surface area contributed by atoms with E-state index in [1.807, 2.05) is 4.90 Å². The zero-order valence-electron chi connectivity index (χ0n) is 18.2. The van der Waals surface area contributed by atoms with Gasteiger partial charge in [0.05, 0.1) is 17.5 Å². The van der Waals surface area contributed by atoms with Crippen molar-refractivity contribution in [1.82, 2.24) is 25.3 Å². The van der Waals surface area contributed by atoms with Crippen LogP contribution in [0.5, 0.6) is 0 Å². The van der Waals surface area contributed by atoms with Gasteiger partial charge in [0.25, 0.3) is 0 Å². The highest BCUT2D eigenvalue weighted by molar-refractivity contribution is 6.31. The number of anilines is 2. The number of aromatic nitrogens is 4. The molecule has 0 radical (unpaired) electrons. The lowest BCUT2D eigenvalue weighted by Gasteiger charge is -2.24. The van der Waals surface area contributed by atoms with E-state index in [9.17, 15) is 13.2 Å². The SMILES string of the molecule is FC(F)(F)c1ccc(Cl)c(CN2CCCNc3ncc(-c4cnc(C5CCNC5)nc4)nc32)c1. The predicted octanol–water partition coefficient (Wildman–Crippen LogP) is 4.50. The normalized spacial score (nSPS) is 18.4. The monoisotopic (exact) mass is 489 g/mol. The van der Waals surface area contributed by atoms with Crippen molar-refractivity contribution in [2.45, 2.75) is 31.5 Å². The van der Waals surface area contributed by atoms with Crippen molar-refractivity contribution in [1.29, 1.82) is 0 Å². The molecular weight excluding hydrogens is 467 g/mol. The van der Waals surface area contributed by atoms with Gasteiger partial charge in [-0.1, -0.05) is 11.6 Å². The second-order valence-corrected chi connectivity index (χ2v) is 8.86. The average Bonchev–Trinajstić information content (AvgIpc) is 3.29. The minimum atomic E-state index is -4.44. The Hall–Kier alpha value is -2.98. The molecule has 1 aromatic carbocycles. The summed E-state index contributed by atoms with van der Waals surface area (Å²) in [6.45, 7) is 3.29. The quantitative estimate of drug-likeness (QED) is 0.558. The van der Waals surface area contributed by atoms with Crippen molar-refractivity contribution < 1.29 is 13.2 Å². The molecule has 7 nitrogen and oxygen atoms in total. The van der Waals surface area contributed by atoms with Crippen LogP contribution < -0.4 is 15.5 Å². The summed E-state index contributed by atoms with van der Waals surface area (Å²) in [6, 6.07) is 3.38. The number of rotatable bonds is 4. The Morgan fingerprint density at radius 2 is 1.91 bits per heavy atom. The number of alkyl halides is 3. The summed E-state index contributed by atoms with van der Waals surface area (Å²) >= 11 is 6.26. The van der Waals surface area contributed by atoms with Crippen LogP contribution in [-0.4, -0.2) is 46.1 Å². The maximum Gasteiger partial charge on any atom is 0.416 e. The lowest BCUT2D eigenvalue weighted by Crippen LogP contribution is -2.25. The van der Waals surface area contributed by atoms with Crippen molar-refractivity contribution in [3.63, 3.8) is 0 Å². The molecule has 1 saturated heterocycles. The summed E-state index contributed by atoms with van der Waals surface area (Å²) < 4.78 is 39.7. The Morgan fingerprint density at radius 3 is 2.65 bits per heavy atom. The molecule has 4 heterocycles. The number of nitrogens with one attached hydrogen (secondary N) is 2. The number of hydrogen-bond acceptors (Lipinski definition) is 7. The largest absolute Gasteiger partial charge is 0.416 e. The summed E-state index contributed by atoms with van der Waals surface area (Å²) in [4.78, 5) is 20.3. The fourth-order valence-corrected chi connectivity index (χ4v) is 4.41. The Kier molecular flexibility index (Phi) is 6.26. The van der Waals surface area contributed by atoms with E-state index in [0.717, 1.165) is 49.5 Å². The molecule has 178 valence electrons. The fourth-order valence-electron chi connectivity index (χ4n) is 4.23. The zero-order valence-corrected chi connectivity index (χ0v) is 19.0. The Bertz CT molecular complexity index is 1160. The first-order chi connectivity index (χ1) is 16.4. The van der Waals surface area contributed by atoms with Crippen molar-refractivity contribution in [2.75, 3.05) is 36.4 Å². The van der Waals surface area contributed by atoms with Crippen LogP contribution in [0.3, 0.4) is 0 Å². The topological polar surface area (TPSA) is 78.9 Å². The molecular formula is C23H23ClF3N7. The first kappa shape index (κ1) is 22.8. The molecule has 1 atom stereocenters. The van der Waals surface area contributed by atoms with E-state index in [2.05, 4.69) is 25.6 Å². The van der Waals surface area contributed by atoms with Crippen LogP contribution in [0.4, 0.5) is 24.8 Å². The third-order valence-electron chi connectivity index (χ3n) is 6.08. The van der Waals surface area contributed by atoms with Gasteiger partial charge in [-0.25, -0.2) is 19.9 Å². The van der Waals surface area contributed by atoms with E-state index >= 15 is 0 Å². The molecule has 0 bridgehead atoms. The van der Waals surface area contributed by atoms with Crippen LogP contribution in [0.15, 0.2) is 36.8 Å². The summed E-state index contributed by atoms with van der Waals surface area (Å²) in [5.41, 5.74) is 0.981. The molecule has 3 aromatic rings. The van der Waals surface area contributed by atoms with Crippen LogP contribution in [0, 0.1) is 0 Å². The van der Waals surface area contributed by atoms with E-state index in [0.29, 0.717) is 41.9 Å². The molecule has 1 unspecified atom stereocenters. The molecule has 1 fully saturated rings. The molecule has 34 heavy (non-hydrogen) atoms. The smallest absolute Gasteiger partial charge is 0.367 e. The lowest BCUT2D eigenvalue weighted by molar-refractivity contribution is -0.137. The zero-order chi connectivity index (χ0) is 23.7. The van der Waals surface area contributed by atoms with Gasteiger partial charge in [0.1, 0.15) is 5.82 Å². The minimum absolute atomic E-state index is 0.180. The second kappa shape index (κ2) is 9.34. The Morgan fingerprint density at radius 1 is 1.09 bits per heavy atom. The van der Waals surface area contributed by atoms with Gasteiger partial charge in [-0.3, -0.25) is 0 Å². The molecule has 2 aliphatic rings. The molecule has 5 rings (SSSR count). The molecule has 2 N–H and O–H groups in total. The first-order valence-corrected chi connectivity index (χ1v) is 11.5. The third-order valence-corrected chi connectivity index (χ3v) is 6.45. The van der Waals surface area contributed by atoms with Crippen molar-refractivity contribution >= 4 is 23.2 Å². The fraction of sp³-hybridized carbons (Fsp3) is 0.391. The summed E-state index contributed by atoms with van der Waals surface area (Å²) in [7, 11) is 0. The maximum absolute atomic E-state index is 13.2. The average molecular weight is 490 g/mol. The Labute approximate surface area is 199 Å². The number of fused-ring (bicyclic) bond motifs is 1. The molecule has 2 aliphatic heterocycles. The van der Waals surface area contributed by atoms with Gasteiger partial charge in [-0.15, -0.1) is 0 Å². The standard InChI is InChI=1S/C23H23ClF3N7/c24-18-3-2-17(23(25,26)27)8-15(18)13-34-7-1-5-29-21-22(34)33-19(12-32-21)16-10-30-20(31-11-16)14-4-6-28-9-14/h2-3,8,10-12,14,28H,1,4-7,9,13H2,(H,29,32).